The Kier molecular flexibility index (Phi) is 13.5. The van der Waals surface area contributed by atoms with E-state index in [0.717, 1.165) is 57.3 Å². The lowest BCUT2D eigenvalue weighted by Crippen LogP contribution is -2.22. The molecule has 234 valence electrons. The van der Waals surface area contributed by atoms with Crippen LogP contribution >= 0.6 is 47.8 Å². The highest BCUT2D eigenvalue weighted by atomic mass is 79.9. The number of halogens is 5. The predicted molar refractivity (Wildman–Crippen MR) is 187 cm³/mol. The van der Waals surface area contributed by atoms with Crippen molar-refractivity contribution in [3.63, 3.8) is 0 Å². The molecule has 0 bridgehead atoms. The number of benzene rings is 2. The molecule has 0 aliphatic rings. The highest BCUT2D eigenvalue weighted by Gasteiger charge is 2.17. The van der Waals surface area contributed by atoms with Crippen LogP contribution in [0.4, 0.5) is 8.78 Å². The second-order valence-electron chi connectivity index (χ2n) is 12.5. The van der Waals surface area contributed by atoms with Crippen molar-refractivity contribution < 1.29 is 18.3 Å². The van der Waals surface area contributed by atoms with Crippen LogP contribution in [0.25, 0.3) is 22.8 Å². The van der Waals surface area contributed by atoms with Crippen molar-refractivity contribution in [1.29, 1.82) is 0 Å². The summed E-state index contributed by atoms with van der Waals surface area (Å²) in [5.41, 5.74) is 1.72. The standard InChI is InChI=1S/C15H19Br2FN2OSi.C15H20BrFN2OSi/c1-22(2,3)9-8-21-10-20-14(17)13(16)19-15(20)11-4-6-12(18)7-5-11;1-21(2,3)9-8-20-11-19-10-14(16)18-15(19)12-4-6-13(17)7-5-12/h4-7H,8-10H2,1-3H3;4-7,10H,8-9,11H2,1-3H3. The Bertz CT molecular complexity index is 1450. The van der Waals surface area contributed by atoms with Crippen LogP contribution in [0.15, 0.2) is 68.5 Å². The van der Waals surface area contributed by atoms with Crippen molar-refractivity contribution in [2.24, 2.45) is 0 Å². The zero-order valence-electron chi connectivity index (χ0n) is 25.4. The summed E-state index contributed by atoms with van der Waals surface area (Å²) in [6.45, 7) is 16.3. The van der Waals surface area contributed by atoms with Crippen molar-refractivity contribution in [1.82, 2.24) is 19.1 Å². The van der Waals surface area contributed by atoms with E-state index in [9.17, 15) is 8.78 Å². The van der Waals surface area contributed by atoms with Crippen LogP contribution in [0.5, 0.6) is 0 Å². The molecule has 0 N–H and O–H groups in total. The Labute approximate surface area is 280 Å². The first-order valence-corrected chi connectivity index (χ1v) is 23.7. The van der Waals surface area contributed by atoms with Crippen LogP contribution < -0.4 is 0 Å². The Hall–Kier alpha value is -1.49. The molecule has 0 spiro atoms. The first kappa shape index (κ1) is 36.0. The molecule has 2 aromatic heterocycles. The van der Waals surface area contributed by atoms with Gasteiger partial charge in [0, 0.05) is 46.7 Å². The molecule has 4 aromatic rings. The SMILES string of the molecule is C[Si](C)(C)CCOCn1c(-c2ccc(F)cc2)nc(Br)c1Br.C[Si](C)(C)CCOCn1cc(Br)nc1-c1ccc(F)cc1. The topological polar surface area (TPSA) is 54.1 Å². The van der Waals surface area contributed by atoms with Crippen LogP contribution in [-0.4, -0.2) is 48.5 Å². The van der Waals surface area contributed by atoms with Crippen molar-refractivity contribution in [3.05, 3.63) is 80.2 Å². The van der Waals surface area contributed by atoms with Crippen molar-refractivity contribution >= 4 is 63.9 Å². The van der Waals surface area contributed by atoms with Gasteiger partial charge in [-0.05, 0) is 108 Å². The molecule has 0 saturated heterocycles. The summed E-state index contributed by atoms with van der Waals surface area (Å²) in [5.74, 6) is 1.01. The third-order valence-electron chi connectivity index (χ3n) is 6.26. The highest BCUT2D eigenvalue weighted by molar-refractivity contribution is 9.13. The van der Waals surface area contributed by atoms with Gasteiger partial charge in [-0.1, -0.05) is 39.3 Å². The van der Waals surface area contributed by atoms with Crippen LogP contribution in [0.1, 0.15) is 0 Å². The number of aromatic nitrogens is 4. The molecule has 6 nitrogen and oxygen atoms in total. The largest absolute Gasteiger partial charge is 0.361 e. The van der Waals surface area contributed by atoms with E-state index in [1.165, 1.54) is 24.3 Å². The molecule has 0 amide bonds. The van der Waals surface area contributed by atoms with Crippen molar-refractivity contribution in [2.45, 2.75) is 64.8 Å². The lowest BCUT2D eigenvalue weighted by Gasteiger charge is -2.16. The monoisotopic (exact) mass is 818 g/mol. The third-order valence-corrected chi connectivity index (χ3v) is 11.9. The van der Waals surface area contributed by atoms with E-state index in [2.05, 4.69) is 97.0 Å². The minimum Gasteiger partial charge on any atom is -0.361 e. The maximum Gasteiger partial charge on any atom is 0.144 e. The summed E-state index contributed by atoms with van der Waals surface area (Å²) in [5, 5.41) is 0. The number of nitrogens with zero attached hydrogens (tertiary/aromatic N) is 4. The molecular formula is C30H39Br3F2N4O2Si2. The zero-order chi connectivity index (χ0) is 31.8. The molecule has 0 saturated carbocycles. The molecule has 43 heavy (non-hydrogen) atoms. The Morgan fingerprint density at radius 3 is 1.63 bits per heavy atom. The van der Waals surface area contributed by atoms with Gasteiger partial charge in [0.1, 0.15) is 50.6 Å². The van der Waals surface area contributed by atoms with E-state index < -0.39 is 16.1 Å². The Morgan fingerprint density at radius 1 is 0.674 bits per heavy atom. The second-order valence-corrected chi connectivity index (χ2v) is 26.1. The molecule has 0 fully saturated rings. The van der Waals surface area contributed by atoms with Crippen molar-refractivity contribution in [3.8, 4) is 22.8 Å². The summed E-state index contributed by atoms with van der Waals surface area (Å²) >= 11 is 10.3. The van der Waals surface area contributed by atoms with Crippen LogP contribution in [0.2, 0.25) is 51.4 Å². The fourth-order valence-corrected chi connectivity index (χ4v) is 6.40. The maximum absolute atomic E-state index is 13.1. The summed E-state index contributed by atoms with van der Waals surface area (Å²) < 4.78 is 43.8. The molecule has 2 aromatic carbocycles. The molecule has 0 atom stereocenters. The van der Waals surface area contributed by atoms with E-state index in [1.807, 2.05) is 15.3 Å². The molecule has 13 heteroatoms. The molecular weight excluding hydrogens is 782 g/mol. The van der Waals surface area contributed by atoms with Crippen LogP contribution in [0.3, 0.4) is 0 Å². The third kappa shape index (κ3) is 12.1. The maximum atomic E-state index is 13.1. The summed E-state index contributed by atoms with van der Waals surface area (Å²) in [6, 6.07) is 14.9. The molecule has 0 aliphatic heterocycles. The number of ether oxygens (including phenoxy) is 2. The summed E-state index contributed by atoms with van der Waals surface area (Å²) in [6.07, 6.45) is 1.88. The minimum absolute atomic E-state index is 0.248. The smallest absolute Gasteiger partial charge is 0.144 e. The summed E-state index contributed by atoms with van der Waals surface area (Å²) in [7, 11) is -2.17. The minimum atomic E-state index is -1.10. The summed E-state index contributed by atoms with van der Waals surface area (Å²) in [4.78, 5) is 8.90. The number of rotatable bonds is 12. The molecule has 2 heterocycles. The van der Waals surface area contributed by atoms with Gasteiger partial charge >= 0.3 is 0 Å². The average molecular weight is 822 g/mol. The normalized spacial score (nSPS) is 11.9. The molecule has 0 unspecified atom stereocenters. The molecule has 0 aliphatic carbocycles. The quantitative estimate of drug-likeness (QED) is 0.106. The second kappa shape index (κ2) is 16.2. The predicted octanol–water partition coefficient (Wildman–Crippen LogP) is 10.3. The van der Waals surface area contributed by atoms with Crippen LogP contribution in [-0.2, 0) is 22.9 Å². The number of hydrogen-bond acceptors (Lipinski definition) is 4. The zero-order valence-corrected chi connectivity index (χ0v) is 32.2. The van der Waals surface area contributed by atoms with E-state index in [1.54, 1.807) is 24.3 Å². The van der Waals surface area contributed by atoms with Crippen LogP contribution in [0, 0.1) is 11.6 Å². The van der Waals surface area contributed by atoms with Gasteiger partial charge in [-0.15, -0.1) is 0 Å². The van der Waals surface area contributed by atoms with Gasteiger partial charge in [-0.25, -0.2) is 18.7 Å². The van der Waals surface area contributed by atoms with E-state index in [0.29, 0.717) is 18.1 Å². The lowest BCUT2D eigenvalue weighted by molar-refractivity contribution is 0.0868. The average Bonchev–Trinajstić information content (AvgIpc) is 3.43. The van der Waals surface area contributed by atoms with E-state index in [4.69, 9.17) is 9.47 Å². The van der Waals surface area contributed by atoms with Gasteiger partial charge in [0.25, 0.3) is 0 Å². The van der Waals surface area contributed by atoms with Gasteiger partial charge in [-0.2, -0.15) is 0 Å². The van der Waals surface area contributed by atoms with Gasteiger partial charge in [0.2, 0.25) is 0 Å². The van der Waals surface area contributed by atoms with Gasteiger partial charge < -0.3 is 14.0 Å². The fourth-order valence-electron chi connectivity index (χ4n) is 3.73. The fraction of sp³-hybridized carbons (Fsp3) is 0.400. The first-order valence-electron chi connectivity index (χ1n) is 13.9. The van der Waals surface area contributed by atoms with Crippen molar-refractivity contribution in [2.75, 3.05) is 13.2 Å². The van der Waals surface area contributed by atoms with Gasteiger partial charge in [0.05, 0.1) is 0 Å². The van der Waals surface area contributed by atoms with Gasteiger partial charge in [0.15, 0.2) is 0 Å². The van der Waals surface area contributed by atoms with Gasteiger partial charge in [-0.3, -0.25) is 4.57 Å². The highest BCUT2D eigenvalue weighted by Crippen LogP contribution is 2.30. The number of imidazole rings is 2. The molecule has 4 rings (SSSR count). The number of hydrogen-bond donors (Lipinski definition) is 0. The van der Waals surface area contributed by atoms with E-state index in [-0.39, 0.29) is 11.6 Å². The lowest BCUT2D eigenvalue weighted by atomic mass is 10.2. The van der Waals surface area contributed by atoms with E-state index >= 15 is 0 Å². The Morgan fingerprint density at radius 2 is 1.14 bits per heavy atom. The Balaban J connectivity index is 0.000000236. The molecule has 0 radical (unpaired) electrons. The first-order chi connectivity index (χ1) is 20.1.